The largest absolute Gasteiger partial charge is 0.508 e. The number of carbonyl (C=O) groups excluding carboxylic acids is 1. The highest BCUT2D eigenvalue weighted by Crippen LogP contribution is 2.17. The third kappa shape index (κ3) is 5.36. The number of nitrogens with one attached hydrogen (secondary N) is 1. The number of phenolic OH excluding ortho intramolecular Hbond substituents is 1. The van der Waals surface area contributed by atoms with Gasteiger partial charge in [0.05, 0.1) is 0 Å². The molecule has 0 aliphatic rings. The van der Waals surface area contributed by atoms with Crippen LogP contribution in [0.5, 0.6) is 5.75 Å². The second-order valence-corrected chi connectivity index (χ2v) is 4.19. The lowest BCUT2D eigenvalue weighted by molar-refractivity contribution is -0.118. The van der Waals surface area contributed by atoms with Gasteiger partial charge in [-0.1, -0.05) is 12.1 Å². The minimum absolute atomic E-state index is 0.190. The molecule has 0 saturated heterocycles. The van der Waals surface area contributed by atoms with E-state index >= 15 is 0 Å². The number of nitrogens with two attached hydrogens (primary N) is 1. The zero-order valence-electron chi connectivity index (χ0n) is 10.1. The molecular formula is C13H20N2O2. The first-order valence-electron chi connectivity index (χ1n) is 5.90. The normalized spacial score (nSPS) is 12.3. The number of carbonyl (C=O) groups is 1. The Balaban J connectivity index is 2.25. The number of amides is 1. The summed E-state index contributed by atoms with van der Waals surface area (Å²) in [6.07, 6.45) is 2.18. The van der Waals surface area contributed by atoms with Gasteiger partial charge in [-0.05, 0) is 44.0 Å². The van der Waals surface area contributed by atoms with Gasteiger partial charge in [-0.15, -0.1) is 0 Å². The Labute approximate surface area is 102 Å². The average molecular weight is 236 g/mol. The van der Waals surface area contributed by atoms with Crippen LogP contribution in [0.4, 0.5) is 0 Å². The molecule has 0 aliphatic carbocycles. The number of primary amides is 1. The maximum Gasteiger partial charge on any atom is 0.217 e. The molecule has 0 saturated carbocycles. The first kappa shape index (κ1) is 13.5. The van der Waals surface area contributed by atoms with Crippen LogP contribution in [0.25, 0.3) is 0 Å². The second-order valence-electron chi connectivity index (χ2n) is 4.19. The molecule has 1 aromatic carbocycles. The van der Waals surface area contributed by atoms with Crippen LogP contribution in [0.1, 0.15) is 37.8 Å². The molecule has 1 aromatic rings. The predicted molar refractivity (Wildman–Crippen MR) is 67.6 cm³/mol. The Kier molecular flexibility index (Phi) is 5.49. The maximum atomic E-state index is 10.5. The second kappa shape index (κ2) is 6.91. The van der Waals surface area contributed by atoms with Crippen molar-refractivity contribution in [1.82, 2.24) is 5.32 Å². The van der Waals surface area contributed by atoms with Crippen LogP contribution in [0.3, 0.4) is 0 Å². The van der Waals surface area contributed by atoms with Crippen LogP contribution in [-0.2, 0) is 4.79 Å². The van der Waals surface area contributed by atoms with Crippen LogP contribution in [0, 0.1) is 0 Å². The number of hydrogen-bond donors (Lipinski definition) is 3. The van der Waals surface area contributed by atoms with Crippen molar-refractivity contribution in [3.63, 3.8) is 0 Å². The van der Waals surface area contributed by atoms with Gasteiger partial charge in [0.15, 0.2) is 0 Å². The van der Waals surface area contributed by atoms with Crippen molar-refractivity contribution in [2.45, 2.75) is 32.2 Å². The van der Waals surface area contributed by atoms with Crippen LogP contribution >= 0.6 is 0 Å². The van der Waals surface area contributed by atoms with E-state index in [0.717, 1.165) is 24.9 Å². The van der Waals surface area contributed by atoms with Gasteiger partial charge in [0.2, 0.25) is 5.91 Å². The summed E-state index contributed by atoms with van der Waals surface area (Å²) < 4.78 is 0. The maximum absolute atomic E-state index is 10.5. The van der Waals surface area contributed by atoms with Crippen molar-refractivity contribution in [2.75, 3.05) is 6.54 Å². The Bertz CT molecular complexity index is 366. The van der Waals surface area contributed by atoms with Crippen LogP contribution < -0.4 is 11.1 Å². The number of unbranched alkanes of at least 4 members (excludes halogenated alkanes) is 1. The molecule has 4 N–H and O–H groups in total. The van der Waals surface area contributed by atoms with E-state index in [1.165, 1.54) is 0 Å². The van der Waals surface area contributed by atoms with Gasteiger partial charge in [0.1, 0.15) is 5.75 Å². The minimum atomic E-state index is -0.244. The third-order valence-corrected chi connectivity index (χ3v) is 2.67. The first-order chi connectivity index (χ1) is 8.09. The summed E-state index contributed by atoms with van der Waals surface area (Å²) in [6, 6.07) is 7.40. The molecule has 4 heteroatoms. The molecule has 1 unspecified atom stereocenters. The van der Waals surface area contributed by atoms with Gasteiger partial charge in [0, 0.05) is 12.5 Å². The molecule has 0 fully saturated rings. The van der Waals surface area contributed by atoms with E-state index in [0.29, 0.717) is 6.42 Å². The fourth-order valence-electron chi connectivity index (χ4n) is 1.65. The average Bonchev–Trinajstić information content (AvgIpc) is 2.28. The molecule has 1 amide bonds. The first-order valence-corrected chi connectivity index (χ1v) is 5.90. The fourth-order valence-corrected chi connectivity index (χ4v) is 1.65. The van der Waals surface area contributed by atoms with Crippen molar-refractivity contribution in [2.24, 2.45) is 5.73 Å². The fraction of sp³-hybridized carbons (Fsp3) is 0.462. The van der Waals surface area contributed by atoms with E-state index in [1.807, 2.05) is 19.1 Å². The van der Waals surface area contributed by atoms with Crippen LogP contribution in [-0.4, -0.2) is 17.6 Å². The summed E-state index contributed by atoms with van der Waals surface area (Å²) in [5, 5.41) is 12.7. The van der Waals surface area contributed by atoms with Gasteiger partial charge in [-0.3, -0.25) is 4.79 Å². The number of benzene rings is 1. The molecule has 0 bridgehead atoms. The zero-order chi connectivity index (χ0) is 12.7. The van der Waals surface area contributed by atoms with Gasteiger partial charge in [0.25, 0.3) is 0 Å². The van der Waals surface area contributed by atoms with Crippen molar-refractivity contribution < 1.29 is 9.90 Å². The Hall–Kier alpha value is -1.55. The van der Waals surface area contributed by atoms with E-state index in [9.17, 15) is 9.90 Å². The molecule has 0 heterocycles. The van der Waals surface area contributed by atoms with Crippen molar-refractivity contribution in [3.8, 4) is 5.75 Å². The summed E-state index contributed by atoms with van der Waals surface area (Å²) in [4.78, 5) is 10.5. The lowest BCUT2D eigenvalue weighted by atomic mass is 10.1. The van der Waals surface area contributed by atoms with Gasteiger partial charge in [-0.2, -0.15) is 0 Å². The van der Waals surface area contributed by atoms with E-state index in [1.54, 1.807) is 12.1 Å². The number of hydrogen-bond acceptors (Lipinski definition) is 3. The number of aromatic hydroxyl groups is 1. The topological polar surface area (TPSA) is 75.3 Å². The Morgan fingerprint density at radius 3 is 2.88 bits per heavy atom. The summed E-state index contributed by atoms with van der Waals surface area (Å²) in [5.74, 6) is 0.0379. The molecule has 0 aromatic heterocycles. The SMILES string of the molecule is CC(NCCCCC(N)=O)c1cccc(O)c1. The van der Waals surface area contributed by atoms with Crippen molar-refractivity contribution in [3.05, 3.63) is 29.8 Å². The molecule has 0 aliphatic heterocycles. The monoisotopic (exact) mass is 236 g/mol. The number of phenols is 1. The van der Waals surface area contributed by atoms with Gasteiger partial charge in [-0.25, -0.2) is 0 Å². The molecule has 0 radical (unpaired) electrons. The lowest BCUT2D eigenvalue weighted by Crippen LogP contribution is -2.20. The molecule has 4 nitrogen and oxygen atoms in total. The summed E-state index contributed by atoms with van der Waals surface area (Å²) >= 11 is 0. The summed E-state index contributed by atoms with van der Waals surface area (Å²) in [5.41, 5.74) is 6.11. The summed E-state index contributed by atoms with van der Waals surface area (Å²) in [7, 11) is 0. The molecule has 1 rings (SSSR count). The van der Waals surface area contributed by atoms with E-state index in [2.05, 4.69) is 5.32 Å². The Morgan fingerprint density at radius 1 is 1.47 bits per heavy atom. The minimum Gasteiger partial charge on any atom is -0.508 e. The van der Waals surface area contributed by atoms with Gasteiger partial charge < -0.3 is 16.2 Å². The quantitative estimate of drug-likeness (QED) is 0.631. The highest BCUT2D eigenvalue weighted by Gasteiger charge is 2.04. The standard InChI is InChI=1S/C13H20N2O2/c1-10(11-5-4-6-12(16)9-11)15-8-3-2-7-13(14)17/h4-6,9-10,15-16H,2-3,7-8H2,1H3,(H2,14,17). The highest BCUT2D eigenvalue weighted by atomic mass is 16.3. The Morgan fingerprint density at radius 2 is 2.24 bits per heavy atom. The highest BCUT2D eigenvalue weighted by molar-refractivity contribution is 5.73. The third-order valence-electron chi connectivity index (χ3n) is 2.67. The van der Waals surface area contributed by atoms with E-state index in [4.69, 9.17) is 5.73 Å². The van der Waals surface area contributed by atoms with E-state index < -0.39 is 0 Å². The van der Waals surface area contributed by atoms with Crippen molar-refractivity contribution in [1.29, 1.82) is 0 Å². The van der Waals surface area contributed by atoms with Crippen LogP contribution in [0.2, 0.25) is 0 Å². The van der Waals surface area contributed by atoms with Crippen LogP contribution in [0.15, 0.2) is 24.3 Å². The lowest BCUT2D eigenvalue weighted by Gasteiger charge is -2.14. The molecular weight excluding hydrogens is 216 g/mol. The molecule has 0 spiro atoms. The predicted octanol–water partition coefficient (Wildman–Crippen LogP) is 1.70. The number of rotatable bonds is 7. The molecule has 94 valence electrons. The summed E-state index contributed by atoms with van der Waals surface area (Å²) in [6.45, 7) is 2.88. The van der Waals surface area contributed by atoms with Crippen molar-refractivity contribution >= 4 is 5.91 Å². The zero-order valence-corrected chi connectivity index (χ0v) is 10.1. The van der Waals surface area contributed by atoms with Gasteiger partial charge >= 0.3 is 0 Å². The molecule has 1 atom stereocenters. The smallest absolute Gasteiger partial charge is 0.217 e. The van der Waals surface area contributed by atoms with E-state index in [-0.39, 0.29) is 17.7 Å². The molecule has 17 heavy (non-hydrogen) atoms.